The van der Waals surface area contributed by atoms with Crippen LogP contribution in [0, 0.1) is 6.92 Å². The van der Waals surface area contributed by atoms with Crippen LogP contribution >= 0.6 is 0 Å². The van der Waals surface area contributed by atoms with Crippen LogP contribution in [0.2, 0.25) is 0 Å². The third-order valence-corrected chi connectivity index (χ3v) is 1.32. The summed E-state index contributed by atoms with van der Waals surface area (Å²) in [6.07, 6.45) is 1.55. The average Bonchev–Trinajstić information content (AvgIpc) is 2.26. The number of hydrogen-bond donors (Lipinski definition) is 0. The van der Waals surface area contributed by atoms with E-state index in [4.69, 9.17) is 0 Å². The van der Waals surface area contributed by atoms with E-state index in [2.05, 4.69) is 8.83 Å². The Morgan fingerprint density at radius 1 is 1.45 bits per heavy atom. The summed E-state index contributed by atoms with van der Waals surface area (Å²) in [5.41, 5.74) is 0. The van der Waals surface area contributed by atoms with E-state index in [0.717, 1.165) is 6.29 Å². The van der Waals surface area contributed by atoms with Crippen molar-refractivity contribution >= 4 is 6.29 Å². The molecule has 0 unspecified atom stereocenters. The Hall–Kier alpha value is -1.32. The number of carbonyl (C=O) groups is 1. The zero-order chi connectivity index (χ0) is 8.27. The number of rotatable bonds is 3. The van der Waals surface area contributed by atoms with Crippen molar-refractivity contribution in [3.8, 4) is 0 Å². The van der Waals surface area contributed by atoms with Gasteiger partial charge in [0, 0.05) is 12.8 Å². The molecule has 0 saturated heterocycles. The average molecular weight is 156 g/mol. The maximum atomic E-state index is 10.5. The van der Waals surface area contributed by atoms with Crippen LogP contribution < -0.4 is 5.82 Å². The van der Waals surface area contributed by atoms with E-state index in [0.29, 0.717) is 24.4 Å². The molecule has 0 aliphatic carbocycles. The summed E-state index contributed by atoms with van der Waals surface area (Å²) in [5.74, 6) is 0.211. The van der Waals surface area contributed by atoms with Crippen LogP contribution in [-0.2, 0) is 11.2 Å². The van der Waals surface area contributed by atoms with E-state index in [1.807, 2.05) is 0 Å². The third-order valence-electron chi connectivity index (χ3n) is 1.32. The Labute approximate surface area is 62.8 Å². The Kier molecular flexibility index (Phi) is 2.25. The predicted octanol–water partition coefficient (Wildman–Crippen LogP) is 0.673. The number of aryl methyl sites for hydroxylation is 2. The zero-order valence-electron chi connectivity index (χ0n) is 6.12. The largest absolute Gasteiger partial charge is 0.519 e. The van der Waals surface area contributed by atoms with Crippen LogP contribution in [0.3, 0.4) is 0 Å². The maximum Gasteiger partial charge on any atom is 0.519 e. The van der Waals surface area contributed by atoms with Crippen LogP contribution in [-0.4, -0.2) is 6.29 Å². The molecule has 4 nitrogen and oxygen atoms in total. The van der Waals surface area contributed by atoms with E-state index in [-0.39, 0.29) is 0 Å². The van der Waals surface area contributed by atoms with Crippen LogP contribution in [0.15, 0.2) is 13.6 Å². The first kappa shape index (κ1) is 7.78. The fourth-order valence-corrected chi connectivity index (χ4v) is 0.792. The summed E-state index contributed by atoms with van der Waals surface area (Å²) in [4.78, 5) is 20.4. The van der Waals surface area contributed by atoms with Gasteiger partial charge in [0.2, 0.25) is 0 Å². The SMILES string of the molecule is Cc1oc(=O)oc1CCC=O. The molecular weight excluding hydrogens is 148 g/mol. The van der Waals surface area contributed by atoms with E-state index in [1.54, 1.807) is 6.92 Å². The van der Waals surface area contributed by atoms with Gasteiger partial charge in [0.1, 0.15) is 17.8 Å². The summed E-state index contributed by atoms with van der Waals surface area (Å²) in [6, 6.07) is 0. The lowest BCUT2D eigenvalue weighted by atomic mass is 10.2. The smallest absolute Gasteiger partial charge is 0.396 e. The Bertz CT molecular complexity index is 294. The monoisotopic (exact) mass is 156 g/mol. The van der Waals surface area contributed by atoms with Gasteiger partial charge in [-0.3, -0.25) is 0 Å². The first-order valence-electron chi connectivity index (χ1n) is 3.27. The van der Waals surface area contributed by atoms with Gasteiger partial charge in [-0.05, 0) is 6.92 Å². The molecule has 0 saturated carbocycles. The minimum atomic E-state index is -0.705. The minimum Gasteiger partial charge on any atom is -0.396 e. The second-order valence-electron chi connectivity index (χ2n) is 2.14. The molecule has 0 aliphatic heterocycles. The first-order valence-corrected chi connectivity index (χ1v) is 3.27. The summed E-state index contributed by atoms with van der Waals surface area (Å²) in [5, 5.41) is 0. The molecule has 0 radical (unpaired) electrons. The van der Waals surface area contributed by atoms with Crippen LogP contribution in [0.1, 0.15) is 17.9 Å². The lowest BCUT2D eigenvalue weighted by Crippen LogP contribution is -1.88. The van der Waals surface area contributed by atoms with Gasteiger partial charge < -0.3 is 13.6 Å². The second kappa shape index (κ2) is 3.18. The maximum absolute atomic E-state index is 10.5. The molecule has 4 heteroatoms. The molecule has 60 valence electrons. The van der Waals surface area contributed by atoms with Crippen molar-refractivity contribution in [1.29, 1.82) is 0 Å². The molecule has 0 bridgehead atoms. The highest BCUT2D eigenvalue weighted by Gasteiger charge is 2.06. The van der Waals surface area contributed by atoms with Gasteiger partial charge in [-0.1, -0.05) is 0 Å². The van der Waals surface area contributed by atoms with E-state index in [9.17, 15) is 9.59 Å². The van der Waals surface area contributed by atoms with E-state index < -0.39 is 5.82 Å². The van der Waals surface area contributed by atoms with Crippen LogP contribution in [0.25, 0.3) is 0 Å². The topological polar surface area (TPSA) is 60.4 Å². The van der Waals surface area contributed by atoms with Crippen molar-refractivity contribution in [3.63, 3.8) is 0 Å². The lowest BCUT2D eigenvalue weighted by Gasteiger charge is -1.87. The Morgan fingerprint density at radius 2 is 2.18 bits per heavy atom. The predicted molar refractivity (Wildman–Crippen MR) is 36.4 cm³/mol. The first-order chi connectivity index (χ1) is 5.24. The van der Waals surface area contributed by atoms with Crippen molar-refractivity contribution < 1.29 is 13.6 Å². The van der Waals surface area contributed by atoms with E-state index in [1.165, 1.54) is 0 Å². The number of hydrogen-bond acceptors (Lipinski definition) is 4. The zero-order valence-corrected chi connectivity index (χ0v) is 6.12. The van der Waals surface area contributed by atoms with Gasteiger partial charge in [-0.25, -0.2) is 4.79 Å². The molecule has 0 amide bonds. The highest BCUT2D eigenvalue weighted by Crippen LogP contribution is 2.06. The van der Waals surface area contributed by atoms with Gasteiger partial charge in [0.15, 0.2) is 0 Å². The lowest BCUT2D eigenvalue weighted by molar-refractivity contribution is -0.107. The van der Waals surface area contributed by atoms with Crippen molar-refractivity contribution in [2.75, 3.05) is 0 Å². The molecule has 0 fully saturated rings. The molecule has 0 aliphatic rings. The fraction of sp³-hybridized carbons (Fsp3) is 0.429. The summed E-state index contributed by atoms with van der Waals surface area (Å²) < 4.78 is 9.21. The summed E-state index contributed by atoms with van der Waals surface area (Å²) in [7, 11) is 0. The highest BCUT2D eigenvalue weighted by atomic mass is 16.6. The molecule has 0 N–H and O–H groups in total. The van der Waals surface area contributed by atoms with Gasteiger partial charge in [-0.2, -0.15) is 0 Å². The molecule has 0 spiro atoms. The van der Waals surface area contributed by atoms with Crippen LogP contribution in [0.5, 0.6) is 0 Å². The minimum absolute atomic E-state index is 0.351. The highest BCUT2D eigenvalue weighted by molar-refractivity contribution is 5.49. The van der Waals surface area contributed by atoms with Crippen molar-refractivity contribution in [1.82, 2.24) is 0 Å². The number of carbonyl (C=O) groups excluding carboxylic acids is 1. The molecule has 1 heterocycles. The Balaban J connectivity index is 2.77. The second-order valence-corrected chi connectivity index (χ2v) is 2.14. The molecule has 1 rings (SSSR count). The van der Waals surface area contributed by atoms with E-state index >= 15 is 0 Å². The van der Waals surface area contributed by atoms with Crippen molar-refractivity contribution in [3.05, 3.63) is 22.1 Å². The standard InChI is InChI=1S/C7H8O4/c1-5-6(3-2-4-8)11-7(9)10-5/h4H,2-3H2,1H3. The Morgan fingerprint density at radius 3 is 2.64 bits per heavy atom. The van der Waals surface area contributed by atoms with Gasteiger partial charge in [-0.15, -0.1) is 0 Å². The molecule has 1 aromatic heterocycles. The normalized spacial score (nSPS) is 9.91. The van der Waals surface area contributed by atoms with Crippen molar-refractivity contribution in [2.45, 2.75) is 19.8 Å². The molecular formula is C7H8O4. The van der Waals surface area contributed by atoms with Gasteiger partial charge >= 0.3 is 5.82 Å². The quantitative estimate of drug-likeness (QED) is 0.603. The third kappa shape index (κ3) is 1.80. The fourth-order valence-electron chi connectivity index (χ4n) is 0.792. The summed E-state index contributed by atoms with van der Waals surface area (Å²) >= 11 is 0. The molecule has 11 heavy (non-hydrogen) atoms. The van der Waals surface area contributed by atoms with Gasteiger partial charge in [0.05, 0.1) is 0 Å². The molecule has 1 aromatic rings. The van der Waals surface area contributed by atoms with Crippen LogP contribution in [0.4, 0.5) is 0 Å². The van der Waals surface area contributed by atoms with Gasteiger partial charge in [0.25, 0.3) is 0 Å². The summed E-state index contributed by atoms with van der Waals surface area (Å²) in [6.45, 7) is 1.63. The molecule has 0 atom stereocenters. The van der Waals surface area contributed by atoms with Crippen molar-refractivity contribution in [2.24, 2.45) is 0 Å². The number of aldehydes is 1. The molecule has 0 aromatic carbocycles.